The summed E-state index contributed by atoms with van der Waals surface area (Å²) < 4.78 is 170. The Morgan fingerprint density at radius 2 is 0.451 bits per heavy atom. The van der Waals surface area contributed by atoms with Crippen LogP contribution >= 0.6 is 0 Å². The molecule has 0 saturated carbocycles. The number of rotatable bonds is 34. The number of hydrogen-bond acceptors (Lipinski definition) is 46. The normalized spacial score (nSPS) is 33.6. The third-order valence-corrected chi connectivity index (χ3v) is 18.2. The fourth-order valence-electron chi connectivity index (χ4n) is 14.1. The third-order valence-electron chi connectivity index (χ3n) is 18.2. The van der Waals surface area contributed by atoms with E-state index in [0.29, 0.717) is 0 Å². The molecule has 0 aromatic heterocycles. The molecule has 6 aliphatic rings. The molecule has 0 bridgehead atoms. The lowest BCUT2D eigenvalue weighted by molar-refractivity contribution is -0.392. The molecule has 6 rings (SSSR count). The van der Waals surface area contributed by atoms with Crippen molar-refractivity contribution in [1.29, 1.82) is 0 Å². The molecule has 0 spiro atoms. The molecule has 0 aromatic rings. The number of nitrogens with one attached hydrogen (secondary N) is 1. The molecule has 686 valence electrons. The van der Waals surface area contributed by atoms with Gasteiger partial charge in [-0.05, 0) is 12.8 Å². The molecule has 6 fully saturated rings. The maximum atomic E-state index is 14.2. The molecule has 0 aliphatic carbocycles. The van der Waals surface area contributed by atoms with Gasteiger partial charge in [0.15, 0.2) is 111 Å². The van der Waals surface area contributed by atoms with Crippen LogP contribution in [-0.2, 0) is 219 Å². The van der Waals surface area contributed by atoms with E-state index in [9.17, 15) is 86.3 Å². The molecule has 0 radical (unpaired) electrons. The van der Waals surface area contributed by atoms with Gasteiger partial charge in [-0.2, -0.15) is 0 Å². The summed E-state index contributed by atoms with van der Waals surface area (Å²) in [5, 5.41) is 2.56. The Bertz CT molecular complexity index is 3750. The average Bonchev–Trinajstić information content (AvgIpc) is 0.751. The van der Waals surface area contributed by atoms with Gasteiger partial charge in [0.1, 0.15) is 100 Å². The van der Waals surface area contributed by atoms with E-state index in [1.54, 1.807) is 13.8 Å². The van der Waals surface area contributed by atoms with Crippen molar-refractivity contribution < 1.29 is 219 Å². The number of esters is 17. The molecule has 122 heavy (non-hydrogen) atoms. The van der Waals surface area contributed by atoms with E-state index in [-0.39, 0.29) is 0 Å². The van der Waals surface area contributed by atoms with Gasteiger partial charge in [0.05, 0.1) is 6.10 Å². The van der Waals surface area contributed by atoms with Crippen molar-refractivity contribution in [2.24, 2.45) is 5.92 Å². The predicted octanol–water partition coefficient (Wildman–Crippen LogP) is -1.52. The van der Waals surface area contributed by atoms with E-state index in [0.717, 1.165) is 125 Å². The van der Waals surface area contributed by atoms with Crippen LogP contribution in [0.2, 0.25) is 0 Å². The fourth-order valence-corrected chi connectivity index (χ4v) is 14.1. The van der Waals surface area contributed by atoms with Crippen LogP contribution in [0.4, 0.5) is 0 Å². The van der Waals surface area contributed by atoms with Crippen molar-refractivity contribution in [2.45, 2.75) is 329 Å². The van der Waals surface area contributed by atoms with Crippen LogP contribution < -0.4 is 5.32 Å². The predicted molar refractivity (Wildman–Crippen MR) is 384 cm³/mol. The van der Waals surface area contributed by atoms with Crippen LogP contribution in [0.1, 0.15) is 145 Å². The minimum atomic E-state index is -2.43. The summed E-state index contributed by atoms with van der Waals surface area (Å²) in [5.74, 6) is -20.1. The third kappa shape index (κ3) is 29.4. The Morgan fingerprint density at radius 3 is 0.787 bits per heavy atom. The molecule has 1 amide bonds. The van der Waals surface area contributed by atoms with Gasteiger partial charge in [0, 0.05) is 125 Å². The van der Waals surface area contributed by atoms with Crippen molar-refractivity contribution in [3.05, 3.63) is 0 Å². The van der Waals surface area contributed by atoms with Gasteiger partial charge in [-0.15, -0.1) is 0 Å². The summed E-state index contributed by atoms with van der Waals surface area (Å²) in [4.78, 5) is 239. The monoisotopic (exact) mass is 1760 g/mol. The topological polar surface area (TPSA) is 578 Å². The zero-order chi connectivity index (χ0) is 91.3. The summed E-state index contributed by atoms with van der Waals surface area (Å²) in [5.41, 5.74) is 0. The quantitative estimate of drug-likeness (QED) is 0.0565. The van der Waals surface area contributed by atoms with Gasteiger partial charge in [-0.25, -0.2) is 0 Å². The standard InChI is InChI=1S/C75H105NO46/c1-27(2)53-61(105-39(14)87)63(107-41(16)89)58(47(113-53)22-95-30(5)78)118-73-68(111-45(20)93)65(109-43(18)91)59(51(117-73)26-99-34(9)82)119-74-69(112-46(21)94)66(57(104-38(13)86)50(115-74)25-98-33(8)81)121-71-52(76-29(4)77)60(55(102-36(11)84)48(114-71)23-96-31(6)79)120-75-70(64(108-42(17)90)56(103-37(12)85)49(116-75)24-97-32(7)80)122-72-67(110-44(19)92)62(106-40(15)88)54(28(3)100-72)101-35(10)83/h27-28,47-75H,22-26H2,1-21H3,(H,76,77)/t28?,47?,48?,49?,50?,51?,52?,53-,54?,55-,56-,57-,58+,59-,60?,61?,62-,63?,64?,65?,66?,67?,68?,69?,70?,71-,72?,73-,74+,75-/m0/s1. The Kier molecular flexibility index (Phi) is 38.0. The Morgan fingerprint density at radius 1 is 0.230 bits per heavy atom. The second-order valence-corrected chi connectivity index (χ2v) is 28.9. The van der Waals surface area contributed by atoms with E-state index >= 15 is 0 Å². The molecule has 30 atom stereocenters. The highest BCUT2D eigenvalue weighted by atomic mass is 16.8. The second-order valence-electron chi connectivity index (χ2n) is 28.9. The minimum Gasteiger partial charge on any atom is -0.463 e. The van der Waals surface area contributed by atoms with Gasteiger partial charge in [0.2, 0.25) is 5.91 Å². The first kappa shape index (κ1) is 101. The molecule has 0 aromatic carbocycles. The van der Waals surface area contributed by atoms with Crippen molar-refractivity contribution in [3.8, 4) is 0 Å². The lowest BCUT2D eigenvalue weighted by Crippen LogP contribution is -2.72. The Labute approximate surface area is 697 Å². The van der Waals surface area contributed by atoms with Crippen LogP contribution in [0.5, 0.6) is 0 Å². The summed E-state index contributed by atoms with van der Waals surface area (Å²) in [7, 11) is 0. The number of amides is 1. The van der Waals surface area contributed by atoms with E-state index < -0.39 is 330 Å². The summed E-state index contributed by atoms with van der Waals surface area (Å²) in [6.45, 7) is 16.6. The Hall–Kier alpha value is -9.98. The van der Waals surface area contributed by atoms with Gasteiger partial charge < -0.3 is 138 Å². The maximum Gasteiger partial charge on any atom is 0.303 e. The Balaban J connectivity index is 1.66. The van der Waals surface area contributed by atoms with E-state index in [1.807, 2.05) is 0 Å². The zero-order valence-electron chi connectivity index (χ0n) is 70.7. The molecular weight excluding hydrogens is 1650 g/mol. The molecule has 6 heterocycles. The molecule has 6 saturated heterocycles. The van der Waals surface area contributed by atoms with E-state index in [2.05, 4.69) is 5.32 Å². The van der Waals surface area contributed by atoms with Gasteiger partial charge in [-0.1, -0.05) is 13.8 Å². The first-order valence-electron chi connectivity index (χ1n) is 38.2. The minimum absolute atomic E-state index is 0.569. The molecule has 1 N–H and O–H groups in total. The lowest BCUT2D eigenvalue weighted by atomic mass is 9.88. The maximum absolute atomic E-state index is 14.2. The SMILES string of the molecule is CC(=O)NC1C(O[C@@H]2OC(COC(C)=O)[C@H](OC(C)=O)C(OC(C)=O)C2OC2OC(C)C(OC(C)=O)[C@H](OC(C)=O)C2OC(C)=O)[C@@H](OC(C)=O)C(COC(C)=O)O[C@H]1OC1C(OC(C)=O)[C@@H](O[C@H]2C(COC(C)=O)O[C@@H](O[C@@H]3C(COC(C)=O)O[C@@H](C(C)C)C(OC(C)=O)C3OC(C)=O)C(OC(C)=O)C2OC(C)=O)OC(COC(C)=O)[C@@H]1OC(C)=O. The second kappa shape index (κ2) is 45.9. The first-order valence-corrected chi connectivity index (χ1v) is 38.2. The van der Waals surface area contributed by atoms with Crippen LogP contribution in [-0.4, -0.2) is 324 Å². The van der Waals surface area contributed by atoms with Crippen molar-refractivity contribution in [1.82, 2.24) is 5.32 Å². The molecule has 47 nitrogen and oxygen atoms in total. The largest absolute Gasteiger partial charge is 0.463 e. The lowest BCUT2D eigenvalue weighted by Gasteiger charge is -2.52. The summed E-state index contributed by atoms with van der Waals surface area (Å²) in [6.07, 6.45) is -58.4. The highest BCUT2D eigenvalue weighted by Gasteiger charge is 2.64. The van der Waals surface area contributed by atoms with Crippen LogP contribution in [0, 0.1) is 5.92 Å². The van der Waals surface area contributed by atoms with Gasteiger partial charge >= 0.3 is 101 Å². The number of ether oxygens (including phenoxy) is 28. The summed E-state index contributed by atoms with van der Waals surface area (Å²) >= 11 is 0. The first-order chi connectivity index (χ1) is 57.0. The fraction of sp³-hybridized carbons (Fsp3) is 0.760. The van der Waals surface area contributed by atoms with Gasteiger partial charge in [0.25, 0.3) is 0 Å². The van der Waals surface area contributed by atoms with Crippen LogP contribution in [0.25, 0.3) is 0 Å². The van der Waals surface area contributed by atoms with Crippen LogP contribution in [0.3, 0.4) is 0 Å². The van der Waals surface area contributed by atoms with Crippen LogP contribution in [0.15, 0.2) is 0 Å². The van der Waals surface area contributed by atoms with Gasteiger partial charge in [-0.3, -0.25) is 86.3 Å². The highest BCUT2D eigenvalue weighted by Crippen LogP contribution is 2.43. The highest BCUT2D eigenvalue weighted by molar-refractivity contribution is 5.74. The van der Waals surface area contributed by atoms with Crippen molar-refractivity contribution in [3.63, 3.8) is 0 Å². The van der Waals surface area contributed by atoms with E-state index in [4.69, 9.17) is 133 Å². The van der Waals surface area contributed by atoms with Crippen molar-refractivity contribution >= 4 is 107 Å². The molecule has 19 unspecified atom stereocenters. The number of carbonyl (C=O) groups is 18. The molecular formula is C75H105NO46. The average molecular weight is 1760 g/mol. The summed E-state index contributed by atoms with van der Waals surface area (Å²) in [6, 6.07) is -2.19. The molecule has 47 heteroatoms. The number of hydrogen-bond donors (Lipinski definition) is 1. The zero-order valence-corrected chi connectivity index (χ0v) is 70.7. The molecule has 6 aliphatic heterocycles. The smallest absolute Gasteiger partial charge is 0.303 e. The van der Waals surface area contributed by atoms with Crippen molar-refractivity contribution in [2.75, 3.05) is 33.0 Å². The van der Waals surface area contributed by atoms with E-state index in [1.165, 1.54) is 6.92 Å². The number of carbonyl (C=O) groups excluding carboxylic acids is 18.